The molecule has 2 heterocycles. The smallest absolute Gasteiger partial charge is 0.260 e. The second-order valence-corrected chi connectivity index (χ2v) is 7.69. The number of anilines is 1. The number of carbonyl (C=O) groups excluding carboxylic acids is 2. The third kappa shape index (κ3) is 3.04. The van der Waals surface area contributed by atoms with E-state index in [2.05, 4.69) is 36.1 Å². The third-order valence-corrected chi connectivity index (χ3v) is 5.62. The minimum Gasteiger partial charge on any atom is -0.328 e. The van der Waals surface area contributed by atoms with Crippen molar-refractivity contribution in [2.24, 2.45) is 0 Å². The van der Waals surface area contributed by atoms with Crippen LogP contribution in [0.5, 0.6) is 0 Å². The quantitative estimate of drug-likeness (QED) is 0.705. The maximum absolute atomic E-state index is 14.6. The molecule has 4 rings (SSSR count). The van der Waals surface area contributed by atoms with Gasteiger partial charge in [-0.2, -0.15) is 0 Å². The van der Waals surface area contributed by atoms with Crippen LogP contribution in [0.25, 0.3) is 4.85 Å². The molecule has 148 valence electrons. The normalized spacial score (nSPS) is 21.5. The van der Waals surface area contributed by atoms with E-state index in [0.29, 0.717) is 0 Å². The van der Waals surface area contributed by atoms with Crippen molar-refractivity contribution in [1.29, 1.82) is 0 Å². The first-order chi connectivity index (χ1) is 13.7. The molecule has 7 nitrogen and oxygen atoms in total. The molecular formula is C18H11BrF3N5O2. The molecule has 1 spiro atoms. The molecule has 1 aromatic heterocycles. The van der Waals surface area contributed by atoms with Gasteiger partial charge in [0.1, 0.15) is 12.4 Å². The Morgan fingerprint density at radius 3 is 2.59 bits per heavy atom. The standard InChI is InChI=1S/C18H11BrF3N5O2/c1-23-9-4-24-16(25-5-9)26-12(28)6-27-8-17(7-18(17,21)22)13-10(15(27)29)2-3-11(19)14(13)20/h2-5H,6-8H2,(H,24,25,26,28)/t17-/m1/s1. The van der Waals surface area contributed by atoms with Gasteiger partial charge in [0, 0.05) is 36.5 Å². The Bertz CT molecular complexity index is 1090. The van der Waals surface area contributed by atoms with Gasteiger partial charge in [-0.15, -0.1) is 0 Å². The molecular weight excluding hydrogens is 455 g/mol. The lowest BCUT2D eigenvalue weighted by Gasteiger charge is -2.34. The minimum atomic E-state index is -3.18. The molecule has 29 heavy (non-hydrogen) atoms. The number of fused-ring (bicyclic) bond motifs is 2. The molecule has 2 amide bonds. The fourth-order valence-electron chi connectivity index (χ4n) is 3.53. The van der Waals surface area contributed by atoms with Gasteiger partial charge < -0.3 is 4.90 Å². The van der Waals surface area contributed by atoms with Crippen molar-refractivity contribution in [3.8, 4) is 0 Å². The summed E-state index contributed by atoms with van der Waals surface area (Å²) in [5.74, 6) is -5.57. The number of rotatable bonds is 3. The summed E-state index contributed by atoms with van der Waals surface area (Å²) in [6.45, 7) is 5.83. The second kappa shape index (κ2) is 6.52. The highest BCUT2D eigenvalue weighted by atomic mass is 79.9. The van der Waals surface area contributed by atoms with Gasteiger partial charge in [-0.25, -0.2) is 28.0 Å². The Hall–Kier alpha value is -3.00. The Morgan fingerprint density at radius 2 is 2.00 bits per heavy atom. The summed E-state index contributed by atoms with van der Waals surface area (Å²) >= 11 is 2.97. The Labute approximate surface area is 170 Å². The number of alkyl halides is 2. The number of hydrogen-bond donors (Lipinski definition) is 1. The highest BCUT2D eigenvalue weighted by Gasteiger charge is 2.75. The first kappa shape index (κ1) is 19.3. The molecule has 1 aromatic carbocycles. The fraction of sp³-hybridized carbons (Fsp3) is 0.278. The maximum atomic E-state index is 14.6. The number of hydrogen-bond acceptors (Lipinski definition) is 4. The van der Waals surface area contributed by atoms with Crippen LogP contribution in [-0.2, 0) is 10.2 Å². The van der Waals surface area contributed by atoms with E-state index in [1.807, 2.05) is 0 Å². The average Bonchev–Trinajstić information content (AvgIpc) is 3.22. The zero-order chi connectivity index (χ0) is 21.0. The SMILES string of the molecule is [C-]#[N+]c1cnc(NC(=O)CN2C[C@]3(CC3(F)F)c3c(ccc(Br)c3F)C2=O)nc1. The van der Waals surface area contributed by atoms with E-state index < -0.39 is 48.5 Å². The van der Waals surface area contributed by atoms with Crippen LogP contribution in [0, 0.1) is 12.4 Å². The van der Waals surface area contributed by atoms with Crippen molar-refractivity contribution in [2.45, 2.75) is 17.8 Å². The second-order valence-electron chi connectivity index (χ2n) is 6.83. The Kier molecular flexibility index (Phi) is 4.34. The fourth-order valence-corrected chi connectivity index (χ4v) is 3.86. The molecule has 11 heteroatoms. The summed E-state index contributed by atoms with van der Waals surface area (Å²) in [7, 11) is 0. The first-order valence-corrected chi connectivity index (χ1v) is 9.13. The number of nitrogens with zero attached hydrogens (tertiary/aromatic N) is 4. The summed E-state index contributed by atoms with van der Waals surface area (Å²) in [4.78, 5) is 36.7. The van der Waals surface area contributed by atoms with Crippen molar-refractivity contribution in [3.05, 3.63) is 57.4 Å². The number of aromatic nitrogens is 2. The summed E-state index contributed by atoms with van der Waals surface area (Å²) in [6.07, 6.45) is 1.81. The Balaban J connectivity index is 1.59. The highest BCUT2D eigenvalue weighted by molar-refractivity contribution is 9.10. The predicted octanol–water partition coefficient (Wildman–Crippen LogP) is 3.30. The molecule has 2 aliphatic rings. The molecule has 1 saturated carbocycles. The maximum Gasteiger partial charge on any atom is 0.260 e. The van der Waals surface area contributed by atoms with Crippen molar-refractivity contribution < 1.29 is 22.8 Å². The molecule has 0 unspecified atom stereocenters. The zero-order valence-corrected chi connectivity index (χ0v) is 16.1. The van der Waals surface area contributed by atoms with Crippen LogP contribution in [0.1, 0.15) is 22.3 Å². The van der Waals surface area contributed by atoms with Crippen LogP contribution >= 0.6 is 15.9 Å². The van der Waals surface area contributed by atoms with Crippen molar-refractivity contribution in [3.63, 3.8) is 0 Å². The van der Waals surface area contributed by atoms with E-state index in [4.69, 9.17) is 6.57 Å². The summed E-state index contributed by atoms with van der Waals surface area (Å²) < 4.78 is 43.1. The van der Waals surface area contributed by atoms with Crippen molar-refractivity contribution in [2.75, 3.05) is 18.4 Å². The summed E-state index contributed by atoms with van der Waals surface area (Å²) in [5, 5.41) is 2.35. The number of carbonyl (C=O) groups is 2. The monoisotopic (exact) mass is 465 g/mol. The van der Waals surface area contributed by atoms with Gasteiger partial charge in [0.15, 0.2) is 0 Å². The van der Waals surface area contributed by atoms with Gasteiger partial charge in [-0.1, -0.05) is 0 Å². The lowest BCUT2D eigenvalue weighted by molar-refractivity contribution is -0.117. The molecule has 1 fully saturated rings. The number of nitrogens with one attached hydrogen (secondary N) is 1. The van der Waals surface area contributed by atoms with Crippen LogP contribution in [-0.4, -0.2) is 45.7 Å². The van der Waals surface area contributed by atoms with E-state index in [1.54, 1.807) is 0 Å². The largest absolute Gasteiger partial charge is 0.328 e. The van der Waals surface area contributed by atoms with Crippen molar-refractivity contribution in [1.82, 2.24) is 14.9 Å². The zero-order valence-electron chi connectivity index (χ0n) is 14.5. The molecule has 2 aromatic rings. The number of benzene rings is 1. The minimum absolute atomic E-state index is 0.00247. The van der Waals surface area contributed by atoms with E-state index in [1.165, 1.54) is 24.5 Å². The lowest BCUT2D eigenvalue weighted by Crippen LogP contribution is -2.49. The van der Waals surface area contributed by atoms with Gasteiger partial charge in [-0.3, -0.25) is 14.9 Å². The third-order valence-electron chi connectivity index (χ3n) is 5.00. The van der Waals surface area contributed by atoms with Crippen LogP contribution < -0.4 is 5.32 Å². The van der Waals surface area contributed by atoms with Gasteiger partial charge >= 0.3 is 0 Å². The van der Waals surface area contributed by atoms with E-state index in [-0.39, 0.29) is 27.2 Å². The summed E-state index contributed by atoms with van der Waals surface area (Å²) in [5.41, 5.74) is -2.16. The van der Waals surface area contributed by atoms with Crippen LogP contribution in [0.3, 0.4) is 0 Å². The molecule has 0 saturated heterocycles. The predicted molar refractivity (Wildman–Crippen MR) is 98.2 cm³/mol. The number of halogens is 4. The van der Waals surface area contributed by atoms with E-state index in [9.17, 15) is 22.8 Å². The van der Waals surface area contributed by atoms with E-state index >= 15 is 0 Å². The molecule has 1 aliphatic carbocycles. The molecule has 0 radical (unpaired) electrons. The topological polar surface area (TPSA) is 79.5 Å². The van der Waals surface area contributed by atoms with Gasteiger partial charge in [0.2, 0.25) is 17.5 Å². The lowest BCUT2D eigenvalue weighted by atomic mass is 9.85. The first-order valence-electron chi connectivity index (χ1n) is 8.33. The van der Waals surface area contributed by atoms with E-state index in [0.717, 1.165) is 4.90 Å². The Morgan fingerprint density at radius 1 is 1.34 bits per heavy atom. The van der Waals surface area contributed by atoms with Crippen LogP contribution in [0.15, 0.2) is 29.0 Å². The van der Waals surface area contributed by atoms with Gasteiger partial charge in [0.25, 0.3) is 11.8 Å². The van der Waals surface area contributed by atoms with Gasteiger partial charge in [0.05, 0.1) is 16.5 Å². The number of amides is 2. The summed E-state index contributed by atoms with van der Waals surface area (Å²) in [6, 6.07) is 2.55. The van der Waals surface area contributed by atoms with Crippen LogP contribution in [0.2, 0.25) is 0 Å². The molecule has 1 atom stereocenters. The van der Waals surface area contributed by atoms with Gasteiger partial charge in [-0.05, 0) is 28.1 Å². The molecule has 0 bridgehead atoms. The molecule has 1 N–H and O–H groups in total. The van der Waals surface area contributed by atoms with Crippen LogP contribution in [0.4, 0.5) is 24.8 Å². The average molecular weight is 466 g/mol. The highest BCUT2D eigenvalue weighted by Crippen LogP contribution is 2.64. The van der Waals surface area contributed by atoms with Crippen molar-refractivity contribution >= 4 is 39.4 Å². The molecule has 1 aliphatic heterocycles.